The summed E-state index contributed by atoms with van der Waals surface area (Å²) in [4.78, 5) is 11.6. The van der Waals surface area contributed by atoms with Crippen molar-refractivity contribution in [2.24, 2.45) is 0 Å². The number of hydrogen-bond donors (Lipinski definition) is 2. The molecule has 1 rings (SSSR count). The molecule has 1 fully saturated rings. The second-order valence-corrected chi connectivity index (χ2v) is 4.10. The molecule has 4 nitrogen and oxygen atoms in total. The Bertz CT molecular complexity index is 302. The van der Waals surface area contributed by atoms with Crippen LogP contribution in [0.2, 0.25) is 0 Å². The summed E-state index contributed by atoms with van der Waals surface area (Å²) < 4.78 is 5.28. The van der Waals surface area contributed by atoms with Gasteiger partial charge in [-0.2, -0.15) is 0 Å². The van der Waals surface area contributed by atoms with E-state index >= 15 is 0 Å². The summed E-state index contributed by atoms with van der Waals surface area (Å²) in [5.41, 5.74) is 3.02. The minimum atomic E-state index is 0.00965. The van der Waals surface area contributed by atoms with E-state index in [4.69, 9.17) is 4.74 Å². The van der Waals surface area contributed by atoms with Crippen LogP contribution < -0.4 is 10.6 Å². The van der Waals surface area contributed by atoms with Crippen LogP contribution in [-0.4, -0.2) is 38.8 Å². The number of amides is 1. The molecule has 0 spiro atoms. The van der Waals surface area contributed by atoms with Crippen molar-refractivity contribution in [1.82, 2.24) is 10.6 Å². The quantitative estimate of drug-likeness (QED) is 0.395. The monoisotopic (exact) mass is 224 g/mol. The Morgan fingerprint density at radius 2 is 2.19 bits per heavy atom. The Kier molecular flexibility index (Phi) is 5.22. The van der Waals surface area contributed by atoms with Gasteiger partial charge in [0.25, 0.3) is 0 Å². The van der Waals surface area contributed by atoms with Crippen LogP contribution in [0.4, 0.5) is 0 Å². The van der Waals surface area contributed by atoms with E-state index in [1.165, 1.54) is 5.57 Å². The molecule has 0 aliphatic carbocycles. The van der Waals surface area contributed by atoms with Gasteiger partial charge in [0, 0.05) is 25.2 Å². The lowest BCUT2D eigenvalue weighted by Crippen LogP contribution is -2.38. The molecular weight excluding hydrogens is 204 g/mol. The zero-order chi connectivity index (χ0) is 12.0. The predicted octanol–water partition coefficient (Wildman–Crippen LogP) is 0.615. The summed E-state index contributed by atoms with van der Waals surface area (Å²) in [5.74, 6) is 0.00965. The fourth-order valence-electron chi connectivity index (χ4n) is 1.29. The lowest BCUT2D eigenvalue weighted by atomic mass is 10.0. The van der Waals surface area contributed by atoms with Crippen LogP contribution in [0.5, 0.6) is 0 Å². The highest BCUT2D eigenvalue weighted by atomic mass is 16.5. The number of carbonyl (C=O) groups is 1. The van der Waals surface area contributed by atoms with Crippen LogP contribution in [0.25, 0.3) is 0 Å². The van der Waals surface area contributed by atoms with Gasteiger partial charge in [-0.3, -0.25) is 4.79 Å². The Labute approximate surface area is 96.7 Å². The normalized spacial score (nSPS) is 14.2. The molecule has 0 bridgehead atoms. The zero-order valence-electron chi connectivity index (χ0n) is 10.1. The van der Waals surface area contributed by atoms with E-state index in [9.17, 15) is 4.79 Å². The summed E-state index contributed by atoms with van der Waals surface area (Å²) in [7, 11) is 0. The highest BCUT2D eigenvalue weighted by Crippen LogP contribution is 2.08. The highest BCUT2D eigenvalue weighted by molar-refractivity contribution is 5.93. The first-order valence-corrected chi connectivity index (χ1v) is 5.51. The standard InChI is InChI=1S/C12H20N2O2/c1-9(2)8-16-5-4-14-12(15)10(3)11-6-13-7-11/h13H,1,4-8H2,2-3H3,(H,14,15). The van der Waals surface area contributed by atoms with Gasteiger partial charge in [0.15, 0.2) is 0 Å². The SMILES string of the molecule is C=C(C)COCCNC(=O)C(C)=C1CNC1. The molecule has 1 heterocycles. The van der Waals surface area contributed by atoms with Crippen molar-refractivity contribution in [2.75, 3.05) is 32.8 Å². The lowest BCUT2D eigenvalue weighted by molar-refractivity contribution is -0.117. The number of rotatable bonds is 6. The first kappa shape index (κ1) is 12.9. The maximum absolute atomic E-state index is 11.6. The predicted molar refractivity (Wildman–Crippen MR) is 64.2 cm³/mol. The molecule has 0 saturated carbocycles. The fraction of sp³-hybridized carbons (Fsp3) is 0.583. The molecule has 0 aromatic rings. The summed E-state index contributed by atoms with van der Waals surface area (Å²) in [6.45, 7) is 10.8. The van der Waals surface area contributed by atoms with Crippen molar-refractivity contribution in [3.63, 3.8) is 0 Å². The van der Waals surface area contributed by atoms with Crippen molar-refractivity contribution in [2.45, 2.75) is 13.8 Å². The minimum absolute atomic E-state index is 0.00965. The topological polar surface area (TPSA) is 50.4 Å². The maximum Gasteiger partial charge on any atom is 0.247 e. The van der Waals surface area contributed by atoms with Crippen LogP contribution in [0.3, 0.4) is 0 Å². The summed E-state index contributed by atoms with van der Waals surface area (Å²) in [5, 5.41) is 5.94. The van der Waals surface area contributed by atoms with Crippen molar-refractivity contribution in [3.05, 3.63) is 23.3 Å². The Hall–Kier alpha value is -1.13. The molecule has 1 saturated heterocycles. The van der Waals surface area contributed by atoms with Crippen LogP contribution in [0.15, 0.2) is 23.3 Å². The first-order valence-electron chi connectivity index (χ1n) is 5.51. The molecule has 0 radical (unpaired) electrons. The van der Waals surface area contributed by atoms with E-state index in [1.807, 2.05) is 13.8 Å². The van der Waals surface area contributed by atoms with Gasteiger partial charge in [0.1, 0.15) is 0 Å². The number of hydrogen-bond acceptors (Lipinski definition) is 3. The van der Waals surface area contributed by atoms with E-state index in [2.05, 4.69) is 17.2 Å². The van der Waals surface area contributed by atoms with Crippen LogP contribution in [0.1, 0.15) is 13.8 Å². The minimum Gasteiger partial charge on any atom is -0.375 e. The van der Waals surface area contributed by atoms with Crippen molar-refractivity contribution < 1.29 is 9.53 Å². The molecular formula is C12H20N2O2. The second-order valence-electron chi connectivity index (χ2n) is 4.10. The Morgan fingerprint density at radius 3 is 2.69 bits per heavy atom. The average molecular weight is 224 g/mol. The van der Waals surface area contributed by atoms with E-state index < -0.39 is 0 Å². The van der Waals surface area contributed by atoms with Crippen molar-refractivity contribution in [3.8, 4) is 0 Å². The number of carbonyl (C=O) groups excluding carboxylic acids is 1. The molecule has 16 heavy (non-hydrogen) atoms. The molecule has 1 amide bonds. The van der Waals surface area contributed by atoms with Gasteiger partial charge >= 0.3 is 0 Å². The summed E-state index contributed by atoms with van der Waals surface area (Å²) in [6.07, 6.45) is 0. The third-order valence-corrected chi connectivity index (χ3v) is 2.43. The van der Waals surface area contributed by atoms with Crippen molar-refractivity contribution >= 4 is 5.91 Å². The number of nitrogens with one attached hydrogen (secondary N) is 2. The molecule has 0 atom stereocenters. The maximum atomic E-state index is 11.6. The van der Waals surface area contributed by atoms with Gasteiger partial charge < -0.3 is 15.4 Å². The van der Waals surface area contributed by atoms with Gasteiger partial charge in [-0.05, 0) is 19.4 Å². The van der Waals surface area contributed by atoms with Gasteiger partial charge in [-0.1, -0.05) is 12.2 Å². The van der Waals surface area contributed by atoms with Crippen molar-refractivity contribution in [1.29, 1.82) is 0 Å². The van der Waals surface area contributed by atoms with E-state index in [-0.39, 0.29) is 5.91 Å². The van der Waals surface area contributed by atoms with Crippen LogP contribution in [0, 0.1) is 0 Å². The lowest BCUT2D eigenvalue weighted by Gasteiger charge is -2.21. The highest BCUT2D eigenvalue weighted by Gasteiger charge is 2.15. The van der Waals surface area contributed by atoms with E-state index in [1.54, 1.807) is 0 Å². The number of ether oxygens (including phenoxy) is 1. The molecule has 2 N–H and O–H groups in total. The fourth-order valence-corrected chi connectivity index (χ4v) is 1.29. The molecule has 1 aliphatic rings. The third kappa shape index (κ3) is 4.16. The zero-order valence-corrected chi connectivity index (χ0v) is 10.1. The summed E-state index contributed by atoms with van der Waals surface area (Å²) >= 11 is 0. The summed E-state index contributed by atoms with van der Waals surface area (Å²) in [6, 6.07) is 0. The Balaban J connectivity index is 2.13. The van der Waals surface area contributed by atoms with Crippen LogP contribution in [-0.2, 0) is 9.53 Å². The van der Waals surface area contributed by atoms with Gasteiger partial charge in [-0.25, -0.2) is 0 Å². The largest absolute Gasteiger partial charge is 0.375 e. The average Bonchev–Trinajstić information content (AvgIpc) is 2.13. The van der Waals surface area contributed by atoms with Crippen LogP contribution >= 0.6 is 0 Å². The molecule has 0 unspecified atom stereocenters. The molecule has 90 valence electrons. The van der Waals surface area contributed by atoms with Gasteiger partial charge in [0.05, 0.1) is 13.2 Å². The van der Waals surface area contributed by atoms with Gasteiger partial charge in [-0.15, -0.1) is 0 Å². The van der Waals surface area contributed by atoms with Gasteiger partial charge in [0.2, 0.25) is 5.91 Å². The first-order chi connectivity index (χ1) is 7.61. The molecule has 1 aliphatic heterocycles. The molecule has 4 heteroatoms. The molecule has 0 aromatic carbocycles. The third-order valence-electron chi connectivity index (χ3n) is 2.43. The molecule has 0 aromatic heterocycles. The smallest absolute Gasteiger partial charge is 0.247 e. The Morgan fingerprint density at radius 1 is 1.50 bits per heavy atom. The second kappa shape index (κ2) is 6.45. The van der Waals surface area contributed by atoms with E-state index in [0.717, 1.165) is 24.2 Å². The van der Waals surface area contributed by atoms with E-state index in [0.29, 0.717) is 19.8 Å².